The predicted molar refractivity (Wildman–Crippen MR) is 255 cm³/mol. The fourth-order valence-electron chi connectivity index (χ4n) is 8.67. The molecule has 0 atom stereocenters. The first kappa shape index (κ1) is 43.0. The standard InChI is InChI=1S/C56H55N4O.Pt/c1-36(2)45-20-16-21-46(37(3)4)54(45)38-29-42(59-35-58(50-23-13-14-24-51(50)59)41-18-15-17-39(31-41)55(5,6)7)33-44(30-38)61-43-25-26-48-47-19-11-12-22-49(47)60(52(48)34-43)53-32-40(27-28-57-53)56(8,9)10;/h11-32,35-37H,1-10H3;/q-3;. The number of ether oxygens (including phenoxy) is 1. The van der Waals surface area contributed by atoms with Crippen molar-refractivity contribution < 1.29 is 25.8 Å². The van der Waals surface area contributed by atoms with Gasteiger partial charge in [-0.25, -0.2) is 4.98 Å². The molecule has 0 unspecified atom stereocenters. The minimum Gasteiger partial charge on any atom is -0.509 e. The van der Waals surface area contributed by atoms with Crippen molar-refractivity contribution in [3.63, 3.8) is 0 Å². The summed E-state index contributed by atoms with van der Waals surface area (Å²) in [5, 5.41) is 2.24. The van der Waals surface area contributed by atoms with E-state index < -0.39 is 0 Å². The van der Waals surface area contributed by atoms with Gasteiger partial charge in [0.2, 0.25) is 0 Å². The summed E-state index contributed by atoms with van der Waals surface area (Å²) in [6.45, 7) is 24.8. The van der Waals surface area contributed by atoms with Gasteiger partial charge in [0.15, 0.2) is 0 Å². The molecule has 2 aromatic heterocycles. The Hall–Kier alpha value is -5.64. The number of rotatable bonds is 8. The largest absolute Gasteiger partial charge is 0.509 e. The van der Waals surface area contributed by atoms with E-state index in [2.05, 4.69) is 224 Å². The van der Waals surface area contributed by atoms with E-state index >= 15 is 0 Å². The van der Waals surface area contributed by atoms with Gasteiger partial charge in [-0.1, -0.05) is 135 Å². The smallest absolute Gasteiger partial charge is 0.135 e. The van der Waals surface area contributed by atoms with Gasteiger partial charge in [-0.15, -0.1) is 53.6 Å². The van der Waals surface area contributed by atoms with E-state index in [-0.39, 0.29) is 31.9 Å². The van der Waals surface area contributed by atoms with Gasteiger partial charge in [-0.05, 0) is 98.3 Å². The Kier molecular flexibility index (Phi) is 11.5. The molecule has 1 aliphatic rings. The fraction of sp³-hybridized carbons (Fsp3) is 0.250. The number of anilines is 4. The number of fused-ring (bicyclic) bond motifs is 4. The zero-order chi connectivity index (χ0) is 42.8. The molecular formula is C56H55N4OPt-3. The summed E-state index contributed by atoms with van der Waals surface area (Å²) in [6, 6.07) is 53.1. The number of aromatic nitrogens is 2. The minimum absolute atomic E-state index is 0. The van der Waals surface area contributed by atoms with Crippen molar-refractivity contribution >= 4 is 44.6 Å². The van der Waals surface area contributed by atoms with E-state index in [9.17, 15) is 0 Å². The molecule has 6 aromatic carbocycles. The Bertz CT molecular complexity index is 2900. The molecule has 318 valence electrons. The molecule has 0 spiro atoms. The van der Waals surface area contributed by atoms with E-state index in [0.717, 1.165) is 55.9 Å². The number of nitrogens with zero attached hydrogens (tertiary/aromatic N) is 4. The van der Waals surface area contributed by atoms with E-state index in [1.807, 2.05) is 12.3 Å². The average molecular weight is 995 g/mol. The molecule has 0 N–H and O–H groups in total. The minimum atomic E-state index is -0.0304. The fourth-order valence-corrected chi connectivity index (χ4v) is 8.67. The Morgan fingerprint density at radius 3 is 1.94 bits per heavy atom. The molecule has 6 heteroatoms. The first-order valence-corrected chi connectivity index (χ1v) is 21.6. The van der Waals surface area contributed by atoms with Gasteiger partial charge in [-0.2, -0.15) is 6.07 Å². The molecule has 0 radical (unpaired) electrons. The summed E-state index contributed by atoms with van der Waals surface area (Å²) < 4.78 is 9.18. The van der Waals surface area contributed by atoms with Crippen molar-refractivity contribution in [1.29, 1.82) is 0 Å². The Balaban J connectivity index is 0.00000529. The maximum atomic E-state index is 6.97. The second kappa shape index (κ2) is 16.6. The molecule has 1 aliphatic heterocycles. The van der Waals surface area contributed by atoms with Crippen LogP contribution in [-0.2, 0) is 31.9 Å². The monoisotopic (exact) mass is 994 g/mol. The third-order valence-corrected chi connectivity index (χ3v) is 12.0. The van der Waals surface area contributed by atoms with Crippen LogP contribution in [-0.4, -0.2) is 9.55 Å². The van der Waals surface area contributed by atoms with Crippen molar-refractivity contribution in [3.8, 4) is 28.4 Å². The topological polar surface area (TPSA) is 33.5 Å². The molecule has 0 saturated heterocycles. The number of hydrogen-bond acceptors (Lipinski definition) is 4. The predicted octanol–water partition coefficient (Wildman–Crippen LogP) is 15.5. The summed E-state index contributed by atoms with van der Waals surface area (Å²) in [5.41, 5.74) is 13.6. The van der Waals surface area contributed by atoms with Crippen molar-refractivity contribution in [2.75, 3.05) is 9.80 Å². The molecule has 9 rings (SSSR count). The third-order valence-electron chi connectivity index (χ3n) is 12.0. The SMILES string of the molecule is CC(C)c1cccc(C(C)C)c1-c1cc(Oc2[c-]c3c(cc2)c2ccccc2n3-c2cc(C(C)(C)C)ccn2)[c-]c(N2[CH-]N(c3cccc(C(C)(C)C)c3)c3ccccc32)c1.[Pt]. The molecule has 0 bridgehead atoms. The number of pyridine rings is 1. The molecular weight excluding hydrogens is 940 g/mol. The van der Waals surface area contributed by atoms with Crippen molar-refractivity contribution in [1.82, 2.24) is 9.55 Å². The molecule has 0 saturated carbocycles. The second-order valence-electron chi connectivity index (χ2n) is 19.1. The van der Waals surface area contributed by atoms with Crippen LogP contribution in [0.5, 0.6) is 11.5 Å². The van der Waals surface area contributed by atoms with Crippen LogP contribution >= 0.6 is 0 Å². The van der Waals surface area contributed by atoms with Gasteiger partial charge < -0.3 is 19.1 Å². The van der Waals surface area contributed by atoms with Crippen LogP contribution in [0.4, 0.5) is 22.7 Å². The first-order chi connectivity index (χ1) is 29.2. The summed E-state index contributed by atoms with van der Waals surface area (Å²) in [7, 11) is 0. The Morgan fingerprint density at radius 1 is 0.597 bits per heavy atom. The first-order valence-electron chi connectivity index (χ1n) is 21.6. The summed E-state index contributed by atoms with van der Waals surface area (Å²) >= 11 is 0. The molecule has 0 fully saturated rings. The molecule has 0 amide bonds. The van der Waals surface area contributed by atoms with E-state index in [1.165, 1.54) is 27.8 Å². The van der Waals surface area contributed by atoms with Gasteiger partial charge in [0, 0.05) is 61.3 Å². The van der Waals surface area contributed by atoms with E-state index in [0.29, 0.717) is 23.3 Å². The summed E-state index contributed by atoms with van der Waals surface area (Å²) in [6.07, 6.45) is 1.91. The molecule has 3 heterocycles. The number of benzene rings is 6. The zero-order valence-corrected chi connectivity index (χ0v) is 39.7. The Morgan fingerprint density at radius 2 is 1.24 bits per heavy atom. The van der Waals surface area contributed by atoms with Crippen molar-refractivity contribution in [2.24, 2.45) is 0 Å². The molecule has 5 nitrogen and oxygen atoms in total. The van der Waals surface area contributed by atoms with Gasteiger partial charge in [0.05, 0.1) is 0 Å². The normalized spacial score (nSPS) is 13.0. The van der Waals surface area contributed by atoms with Crippen LogP contribution in [0.15, 0.2) is 134 Å². The quantitative estimate of drug-likeness (QED) is 0.142. The van der Waals surface area contributed by atoms with Gasteiger partial charge >= 0.3 is 0 Å². The number of hydrogen-bond donors (Lipinski definition) is 0. The van der Waals surface area contributed by atoms with Crippen molar-refractivity contribution in [2.45, 2.75) is 91.9 Å². The van der Waals surface area contributed by atoms with Crippen LogP contribution < -0.4 is 14.5 Å². The summed E-state index contributed by atoms with van der Waals surface area (Å²) in [4.78, 5) is 9.44. The maximum Gasteiger partial charge on any atom is 0.135 e. The Labute approximate surface area is 382 Å². The molecule has 8 aromatic rings. The van der Waals surface area contributed by atoms with Gasteiger partial charge in [-0.3, -0.25) is 0 Å². The molecule has 0 aliphatic carbocycles. The van der Waals surface area contributed by atoms with Crippen LogP contribution in [0, 0.1) is 18.8 Å². The molecule has 62 heavy (non-hydrogen) atoms. The van der Waals surface area contributed by atoms with E-state index in [4.69, 9.17) is 9.72 Å². The van der Waals surface area contributed by atoms with Gasteiger partial charge in [0.25, 0.3) is 0 Å². The number of para-hydroxylation sites is 3. The van der Waals surface area contributed by atoms with E-state index in [1.54, 1.807) is 0 Å². The van der Waals surface area contributed by atoms with Crippen molar-refractivity contribution in [3.05, 3.63) is 175 Å². The third kappa shape index (κ3) is 7.97. The average Bonchev–Trinajstić information content (AvgIpc) is 3.79. The second-order valence-corrected chi connectivity index (χ2v) is 19.1. The van der Waals surface area contributed by atoms with Crippen LogP contribution in [0.3, 0.4) is 0 Å². The van der Waals surface area contributed by atoms with Gasteiger partial charge in [0.1, 0.15) is 5.82 Å². The van der Waals surface area contributed by atoms with Crippen LogP contribution in [0.25, 0.3) is 38.8 Å². The summed E-state index contributed by atoms with van der Waals surface area (Å²) in [5.74, 6) is 2.72. The van der Waals surface area contributed by atoms with Crippen LogP contribution in [0.2, 0.25) is 0 Å². The van der Waals surface area contributed by atoms with Crippen LogP contribution in [0.1, 0.15) is 103 Å². The zero-order valence-electron chi connectivity index (χ0n) is 37.4. The maximum absolute atomic E-state index is 6.97.